The third-order valence-corrected chi connectivity index (χ3v) is 7.32. The standard InChI is InChI=1S/C27H35N7O3/c1-18-12-19(2)30-26(29-18)33-9-6-27(7-10-33)25(35)34(11-8-28-27)17-24-23(16-32(3)31-24)20-13-21(36-4)15-22(14-20)37-5/h12-16,28H,6-11,17H2,1-5H3. The number of piperazine rings is 1. The van der Waals surface area contributed by atoms with E-state index in [4.69, 9.17) is 14.6 Å². The molecule has 4 heterocycles. The van der Waals surface area contributed by atoms with Gasteiger partial charge in [0, 0.05) is 62.4 Å². The second-order valence-electron chi connectivity index (χ2n) is 9.94. The van der Waals surface area contributed by atoms with E-state index in [0.29, 0.717) is 37.4 Å². The van der Waals surface area contributed by atoms with Crippen molar-refractivity contribution in [2.45, 2.75) is 38.8 Å². The largest absolute Gasteiger partial charge is 0.497 e. The van der Waals surface area contributed by atoms with Crippen molar-refractivity contribution in [2.24, 2.45) is 7.05 Å². The zero-order valence-corrected chi connectivity index (χ0v) is 22.2. The van der Waals surface area contributed by atoms with Crippen LogP contribution in [0.1, 0.15) is 29.9 Å². The van der Waals surface area contributed by atoms with Gasteiger partial charge in [-0.15, -0.1) is 0 Å². The van der Waals surface area contributed by atoms with Gasteiger partial charge in [-0.3, -0.25) is 9.48 Å². The molecule has 2 fully saturated rings. The third kappa shape index (κ3) is 4.98. The van der Waals surface area contributed by atoms with Crippen molar-refractivity contribution in [1.29, 1.82) is 0 Å². The number of hydrogen-bond acceptors (Lipinski definition) is 8. The van der Waals surface area contributed by atoms with E-state index in [9.17, 15) is 4.79 Å². The summed E-state index contributed by atoms with van der Waals surface area (Å²) < 4.78 is 12.7. The van der Waals surface area contributed by atoms with Crippen molar-refractivity contribution in [3.05, 3.63) is 47.5 Å². The molecule has 3 aromatic rings. The number of aromatic nitrogens is 4. The Morgan fingerprint density at radius 2 is 1.62 bits per heavy atom. The lowest BCUT2D eigenvalue weighted by molar-refractivity contribution is -0.143. The number of aryl methyl sites for hydroxylation is 3. The number of hydrogen-bond donors (Lipinski definition) is 1. The predicted molar refractivity (Wildman–Crippen MR) is 141 cm³/mol. The molecular weight excluding hydrogens is 470 g/mol. The summed E-state index contributed by atoms with van der Waals surface area (Å²) in [6.45, 7) is 7.27. The molecule has 5 rings (SSSR count). The normalized spacial score (nSPS) is 17.4. The quantitative estimate of drug-likeness (QED) is 0.546. The molecule has 0 unspecified atom stereocenters. The van der Waals surface area contributed by atoms with Gasteiger partial charge in [0.25, 0.3) is 0 Å². The minimum atomic E-state index is -0.568. The fourth-order valence-electron chi connectivity index (χ4n) is 5.42. The van der Waals surface area contributed by atoms with Crippen LogP contribution in [0.3, 0.4) is 0 Å². The lowest BCUT2D eigenvalue weighted by atomic mass is 9.84. The number of nitrogens with one attached hydrogen (secondary N) is 1. The maximum absolute atomic E-state index is 13.9. The summed E-state index contributed by atoms with van der Waals surface area (Å²) in [4.78, 5) is 27.2. The summed E-state index contributed by atoms with van der Waals surface area (Å²) in [5.41, 5.74) is 4.10. The Labute approximate surface area is 217 Å². The zero-order valence-electron chi connectivity index (χ0n) is 22.2. The van der Waals surface area contributed by atoms with Crippen molar-refractivity contribution >= 4 is 11.9 Å². The van der Waals surface area contributed by atoms with Crippen LogP contribution in [0.5, 0.6) is 11.5 Å². The Morgan fingerprint density at radius 1 is 0.973 bits per heavy atom. The number of ether oxygens (including phenoxy) is 2. The summed E-state index contributed by atoms with van der Waals surface area (Å²) in [6.07, 6.45) is 3.40. The van der Waals surface area contributed by atoms with Crippen LogP contribution in [0.15, 0.2) is 30.5 Å². The first kappa shape index (κ1) is 25.0. The lowest BCUT2D eigenvalue weighted by Crippen LogP contribution is -2.67. The van der Waals surface area contributed by atoms with Gasteiger partial charge in [-0.1, -0.05) is 0 Å². The zero-order chi connectivity index (χ0) is 26.2. The topological polar surface area (TPSA) is 97.6 Å². The number of anilines is 1. The van der Waals surface area contributed by atoms with Crippen LogP contribution in [0.2, 0.25) is 0 Å². The number of rotatable bonds is 6. The van der Waals surface area contributed by atoms with Crippen molar-refractivity contribution in [2.75, 3.05) is 45.3 Å². The van der Waals surface area contributed by atoms with Crippen LogP contribution >= 0.6 is 0 Å². The second kappa shape index (κ2) is 10.0. The first-order chi connectivity index (χ1) is 17.8. The number of carbonyl (C=O) groups excluding carboxylic acids is 1. The number of methoxy groups -OCH3 is 2. The van der Waals surface area contributed by atoms with Gasteiger partial charge in [0.05, 0.1) is 26.5 Å². The minimum absolute atomic E-state index is 0.138. The molecule has 196 valence electrons. The Kier molecular flexibility index (Phi) is 6.76. The summed E-state index contributed by atoms with van der Waals surface area (Å²) in [7, 11) is 5.18. The van der Waals surface area contributed by atoms with E-state index >= 15 is 0 Å². The number of piperidine rings is 1. The molecule has 1 spiro atoms. The Bertz CT molecular complexity index is 1250. The SMILES string of the molecule is COc1cc(OC)cc(-c2cn(C)nc2CN2CCNC3(CCN(c4nc(C)cc(C)n4)CC3)C2=O)c1. The molecule has 10 nitrogen and oxygen atoms in total. The molecule has 1 aromatic carbocycles. The Hall–Kier alpha value is -3.66. The molecule has 10 heteroatoms. The van der Waals surface area contributed by atoms with Gasteiger partial charge in [0.2, 0.25) is 11.9 Å². The molecule has 2 aliphatic rings. The van der Waals surface area contributed by atoms with Crippen LogP contribution in [0.4, 0.5) is 5.95 Å². The molecule has 2 aliphatic heterocycles. The maximum Gasteiger partial charge on any atom is 0.243 e. The van der Waals surface area contributed by atoms with Gasteiger partial charge in [-0.05, 0) is 50.5 Å². The molecule has 0 atom stereocenters. The highest BCUT2D eigenvalue weighted by atomic mass is 16.5. The molecule has 2 saturated heterocycles. The number of benzene rings is 1. The number of nitrogens with zero attached hydrogens (tertiary/aromatic N) is 6. The third-order valence-electron chi connectivity index (χ3n) is 7.32. The fraction of sp³-hybridized carbons (Fsp3) is 0.481. The molecule has 37 heavy (non-hydrogen) atoms. The van der Waals surface area contributed by atoms with E-state index in [1.54, 1.807) is 18.9 Å². The van der Waals surface area contributed by atoms with Crippen LogP contribution < -0.4 is 19.7 Å². The first-order valence-electron chi connectivity index (χ1n) is 12.7. The van der Waals surface area contributed by atoms with Crippen LogP contribution in [-0.2, 0) is 18.4 Å². The van der Waals surface area contributed by atoms with E-state index in [0.717, 1.165) is 53.8 Å². The highest BCUT2D eigenvalue weighted by Gasteiger charge is 2.46. The van der Waals surface area contributed by atoms with Crippen molar-refractivity contribution < 1.29 is 14.3 Å². The fourth-order valence-corrected chi connectivity index (χ4v) is 5.42. The Balaban J connectivity index is 1.34. The average Bonchev–Trinajstić information content (AvgIpc) is 3.26. The molecular formula is C27H35N7O3. The highest BCUT2D eigenvalue weighted by Crippen LogP contribution is 2.34. The highest BCUT2D eigenvalue weighted by molar-refractivity contribution is 5.88. The molecule has 0 saturated carbocycles. The lowest BCUT2D eigenvalue weighted by Gasteiger charge is -2.47. The van der Waals surface area contributed by atoms with Gasteiger partial charge in [-0.2, -0.15) is 5.10 Å². The van der Waals surface area contributed by atoms with Gasteiger partial charge >= 0.3 is 0 Å². The molecule has 0 radical (unpaired) electrons. The molecule has 1 N–H and O–H groups in total. The monoisotopic (exact) mass is 505 g/mol. The summed E-state index contributed by atoms with van der Waals surface area (Å²) in [5, 5.41) is 8.28. The van der Waals surface area contributed by atoms with Crippen LogP contribution in [-0.4, -0.2) is 76.5 Å². The molecule has 0 bridgehead atoms. The van der Waals surface area contributed by atoms with E-state index in [2.05, 4.69) is 20.2 Å². The minimum Gasteiger partial charge on any atom is -0.497 e. The smallest absolute Gasteiger partial charge is 0.243 e. The summed E-state index contributed by atoms with van der Waals surface area (Å²) >= 11 is 0. The summed E-state index contributed by atoms with van der Waals surface area (Å²) in [6, 6.07) is 7.76. The van der Waals surface area contributed by atoms with Gasteiger partial charge in [0.15, 0.2) is 0 Å². The van der Waals surface area contributed by atoms with Crippen LogP contribution in [0, 0.1) is 13.8 Å². The molecule has 2 aromatic heterocycles. The van der Waals surface area contributed by atoms with Crippen molar-refractivity contribution in [3.8, 4) is 22.6 Å². The van der Waals surface area contributed by atoms with Crippen molar-refractivity contribution in [3.63, 3.8) is 0 Å². The van der Waals surface area contributed by atoms with Gasteiger partial charge < -0.3 is 24.6 Å². The Morgan fingerprint density at radius 3 is 2.24 bits per heavy atom. The maximum atomic E-state index is 13.9. The van der Waals surface area contributed by atoms with Gasteiger partial charge in [-0.25, -0.2) is 9.97 Å². The average molecular weight is 506 g/mol. The summed E-state index contributed by atoms with van der Waals surface area (Å²) in [5.74, 6) is 2.31. The predicted octanol–water partition coefficient (Wildman–Crippen LogP) is 2.48. The van der Waals surface area contributed by atoms with Crippen LogP contribution in [0.25, 0.3) is 11.1 Å². The van der Waals surface area contributed by atoms with Crippen molar-refractivity contribution in [1.82, 2.24) is 30.0 Å². The number of amides is 1. The first-order valence-corrected chi connectivity index (χ1v) is 12.7. The van der Waals surface area contributed by atoms with E-state index < -0.39 is 5.54 Å². The number of carbonyl (C=O) groups is 1. The van der Waals surface area contributed by atoms with Gasteiger partial charge in [0.1, 0.15) is 17.0 Å². The van der Waals surface area contributed by atoms with E-state index in [1.807, 2.05) is 56.3 Å². The second-order valence-corrected chi connectivity index (χ2v) is 9.94. The molecule has 1 amide bonds. The van der Waals surface area contributed by atoms with E-state index in [-0.39, 0.29) is 5.91 Å². The van der Waals surface area contributed by atoms with E-state index in [1.165, 1.54) is 0 Å². The molecule has 0 aliphatic carbocycles.